The summed E-state index contributed by atoms with van der Waals surface area (Å²) in [5.41, 5.74) is 1.79. The molecule has 0 spiro atoms. The molecule has 0 aliphatic carbocycles. The Balaban J connectivity index is 1.29. The van der Waals surface area contributed by atoms with Gasteiger partial charge < -0.3 is 19.1 Å². The molecule has 4 rings (SSSR count). The number of hydrogen-bond donors (Lipinski definition) is 0. The molecule has 2 aromatic rings. The van der Waals surface area contributed by atoms with Crippen LogP contribution in [0.1, 0.15) is 5.76 Å². The second-order valence-electron chi connectivity index (χ2n) is 6.83. The number of nitrogens with zero attached hydrogens (tertiary/aromatic N) is 4. The van der Waals surface area contributed by atoms with Crippen molar-refractivity contribution >= 4 is 17.6 Å². The summed E-state index contributed by atoms with van der Waals surface area (Å²) in [6.07, 6.45) is 0. The van der Waals surface area contributed by atoms with E-state index < -0.39 is 0 Å². The van der Waals surface area contributed by atoms with Crippen molar-refractivity contribution in [2.75, 3.05) is 52.5 Å². The van der Waals surface area contributed by atoms with Crippen molar-refractivity contribution in [2.24, 2.45) is 0 Å². The lowest BCUT2D eigenvalue weighted by atomic mass is 10.1. The molecule has 2 saturated heterocycles. The van der Waals surface area contributed by atoms with Gasteiger partial charge in [0.2, 0.25) is 0 Å². The molecule has 7 nitrogen and oxygen atoms in total. The van der Waals surface area contributed by atoms with E-state index in [0.29, 0.717) is 37.9 Å². The SMILES string of the molecule is O=C(N1CCOCC1)N1CCN(Cc2cc(-c3ccc(Cl)cc3)no2)CC1. The van der Waals surface area contributed by atoms with E-state index in [4.69, 9.17) is 20.9 Å². The third-order valence-corrected chi connectivity index (χ3v) is 5.25. The van der Waals surface area contributed by atoms with Gasteiger partial charge in [-0.05, 0) is 12.1 Å². The molecule has 2 amide bonds. The fourth-order valence-corrected chi connectivity index (χ4v) is 3.54. The van der Waals surface area contributed by atoms with Gasteiger partial charge in [-0.2, -0.15) is 0 Å². The predicted molar refractivity (Wildman–Crippen MR) is 102 cm³/mol. The second-order valence-corrected chi connectivity index (χ2v) is 7.27. The van der Waals surface area contributed by atoms with Crippen LogP contribution in [0.2, 0.25) is 5.02 Å². The zero-order chi connectivity index (χ0) is 18.6. The molecule has 2 aliphatic heterocycles. The minimum absolute atomic E-state index is 0.127. The van der Waals surface area contributed by atoms with Gasteiger partial charge in [-0.15, -0.1) is 0 Å². The summed E-state index contributed by atoms with van der Waals surface area (Å²) < 4.78 is 10.8. The van der Waals surface area contributed by atoms with Crippen molar-refractivity contribution in [2.45, 2.75) is 6.54 Å². The van der Waals surface area contributed by atoms with Crippen LogP contribution in [0.3, 0.4) is 0 Å². The predicted octanol–water partition coefficient (Wildman–Crippen LogP) is 2.56. The molecule has 2 aliphatic rings. The number of rotatable bonds is 3. The van der Waals surface area contributed by atoms with Crippen molar-refractivity contribution in [3.63, 3.8) is 0 Å². The van der Waals surface area contributed by atoms with Crippen molar-refractivity contribution in [1.29, 1.82) is 0 Å². The van der Waals surface area contributed by atoms with Crippen molar-refractivity contribution in [3.8, 4) is 11.3 Å². The number of benzene rings is 1. The summed E-state index contributed by atoms with van der Waals surface area (Å²) in [5, 5.41) is 4.86. The van der Waals surface area contributed by atoms with Gasteiger partial charge in [0.15, 0.2) is 5.76 Å². The summed E-state index contributed by atoms with van der Waals surface area (Å²) >= 11 is 5.93. The number of carbonyl (C=O) groups excluding carboxylic acids is 1. The molecule has 2 fully saturated rings. The van der Waals surface area contributed by atoms with Crippen molar-refractivity contribution in [1.82, 2.24) is 19.9 Å². The molecule has 0 bridgehead atoms. The average molecular weight is 391 g/mol. The van der Waals surface area contributed by atoms with Crippen molar-refractivity contribution < 1.29 is 14.1 Å². The number of morpholine rings is 1. The van der Waals surface area contributed by atoms with E-state index in [2.05, 4.69) is 10.1 Å². The van der Waals surface area contributed by atoms with Crippen LogP contribution >= 0.6 is 11.6 Å². The Bertz CT molecular complexity index is 766. The van der Waals surface area contributed by atoms with Gasteiger partial charge >= 0.3 is 6.03 Å². The number of ether oxygens (including phenoxy) is 1. The molecule has 0 N–H and O–H groups in total. The largest absolute Gasteiger partial charge is 0.378 e. The number of urea groups is 1. The standard InChI is InChI=1S/C19H23ClN4O3/c20-16-3-1-15(2-4-16)18-13-17(27-21-18)14-22-5-7-23(8-6-22)19(25)24-9-11-26-12-10-24/h1-4,13H,5-12,14H2. The molecule has 1 aromatic carbocycles. The molecule has 0 saturated carbocycles. The number of piperazine rings is 1. The maximum absolute atomic E-state index is 12.5. The molecule has 1 aromatic heterocycles. The molecule has 0 unspecified atom stereocenters. The number of aromatic nitrogens is 1. The number of amides is 2. The molecule has 8 heteroatoms. The van der Waals surface area contributed by atoms with Gasteiger partial charge in [0.05, 0.1) is 19.8 Å². The van der Waals surface area contributed by atoms with Crippen LogP contribution in [0, 0.1) is 0 Å². The van der Waals surface area contributed by atoms with Gasteiger partial charge in [0.1, 0.15) is 5.69 Å². The first-order chi connectivity index (χ1) is 13.2. The molecular formula is C19H23ClN4O3. The Morgan fingerprint density at radius 2 is 1.67 bits per heavy atom. The van der Waals surface area contributed by atoms with Crippen LogP contribution in [-0.4, -0.2) is 78.4 Å². The van der Waals surface area contributed by atoms with Gasteiger partial charge in [-0.1, -0.05) is 28.9 Å². The van der Waals surface area contributed by atoms with Crippen LogP contribution in [0.25, 0.3) is 11.3 Å². The maximum Gasteiger partial charge on any atom is 0.320 e. The van der Waals surface area contributed by atoms with Gasteiger partial charge in [0.25, 0.3) is 0 Å². The highest BCUT2D eigenvalue weighted by Gasteiger charge is 2.26. The Kier molecular flexibility index (Phi) is 5.61. The van der Waals surface area contributed by atoms with Crippen LogP contribution in [-0.2, 0) is 11.3 Å². The Morgan fingerprint density at radius 1 is 1.00 bits per heavy atom. The average Bonchev–Trinajstić information content (AvgIpc) is 3.18. The lowest BCUT2D eigenvalue weighted by Crippen LogP contribution is -2.54. The topological polar surface area (TPSA) is 62.1 Å². The van der Waals surface area contributed by atoms with E-state index in [1.807, 2.05) is 40.1 Å². The van der Waals surface area contributed by atoms with Crippen LogP contribution < -0.4 is 0 Å². The molecule has 3 heterocycles. The van der Waals surface area contributed by atoms with Crippen molar-refractivity contribution in [3.05, 3.63) is 41.1 Å². The highest BCUT2D eigenvalue weighted by atomic mass is 35.5. The highest BCUT2D eigenvalue weighted by Crippen LogP contribution is 2.22. The fourth-order valence-electron chi connectivity index (χ4n) is 3.42. The summed E-state index contributed by atoms with van der Waals surface area (Å²) in [5.74, 6) is 0.827. The monoisotopic (exact) mass is 390 g/mol. The van der Waals surface area contributed by atoms with E-state index >= 15 is 0 Å². The van der Waals surface area contributed by atoms with E-state index in [9.17, 15) is 4.79 Å². The zero-order valence-corrected chi connectivity index (χ0v) is 15.9. The lowest BCUT2D eigenvalue weighted by Gasteiger charge is -2.38. The lowest BCUT2D eigenvalue weighted by molar-refractivity contribution is 0.0368. The second kappa shape index (κ2) is 8.29. The zero-order valence-electron chi connectivity index (χ0n) is 15.1. The molecule has 0 radical (unpaired) electrons. The summed E-state index contributed by atoms with van der Waals surface area (Å²) in [7, 11) is 0. The number of carbonyl (C=O) groups is 1. The third-order valence-electron chi connectivity index (χ3n) is 5.00. The Labute approximate surface area is 163 Å². The Hall–Kier alpha value is -2.09. The summed E-state index contributed by atoms with van der Waals surface area (Å²) in [6, 6.07) is 9.64. The molecule has 27 heavy (non-hydrogen) atoms. The highest BCUT2D eigenvalue weighted by molar-refractivity contribution is 6.30. The van der Waals surface area contributed by atoms with E-state index in [1.165, 1.54) is 0 Å². The quantitative estimate of drug-likeness (QED) is 0.806. The molecular weight excluding hydrogens is 368 g/mol. The molecule has 144 valence electrons. The van der Waals surface area contributed by atoms with E-state index in [-0.39, 0.29) is 6.03 Å². The van der Waals surface area contributed by atoms with Gasteiger partial charge in [-0.25, -0.2) is 4.79 Å². The van der Waals surface area contributed by atoms with Gasteiger partial charge in [0, 0.05) is 55.9 Å². The first kappa shape index (κ1) is 18.3. The van der Waals surface area contributed by atoms with Crippen LogP contribution in [0.5, 0.6) is 0 Å². The minimum atomic E-state index is 0.127. The number of hydrogen-bond acceptors (Lipinski definition) is 5. The third kappa shape index (κ3) is 4.43. The van der Waals surface area contributed by atoms with Crippen LogP contribution in [0.4, 0.5) is 4.79 Å². The smallest absolute Gasteiger partial charge is 0.320 e. The van der Waals surface area contributed by atoms with E-state index in [1.54, 1.807) is 0 Å². The Morgan fingerprint density at radius 3 is 2.37 bits per heavy atom. The fraction of sp³-hybridized carbons (Fsp3) is 0.474. The minimum Gasteiger partial charge on any atom is -0.378 e. The summed E-state index contributed by atoms with van der Waals surface area (Å²) in [6.45, 7) is 6.44. The van der Waals surface area contributed by atoms with E-state index in [0.717, 1.165) is 43.2 Å². The maximum atomic E-state index is 12.5. The first-order valence-corrected chi connectivity index (χ1v) is 9.62. The number of halogens is 1. The van der Waals surface area contributed by atoms with Gasteiger partial charge in [-0.3, -0.25) is 4.90 Å². The normalized spacial score (nSPS) is 18.7. The van der Waals surface area contributed by atoms with Crippen LogP contribution in [0.15, 0.2) is 34.9 Å². The first-order valence-electron chi connectivity index (χ1n) is 9.24. The molecule has 0 atom stereocenters. The summed E-state index contributed by atoms with van der Waals surface area (Å²) in [4.78, 5) is 18.6.